The third-order valence-electron chi connectivity index (χ3n) is 5.31. The topological polar surface area (TPSA) is 20.2 Å². The van der Waals surface area contributed by atoms with Crippen molar-refractivity contribution in [2.24, 2.45) is 11.8 Å². The summed E-state index contributed by atoms with van der Waals surface area (Å²) in [6.45, 7) is 6.88. The van der Waals surface area contributed by atoms with Gasteiger partial charge in [0.25, 0.3) is 0 Å². The van der Waals surface area contributed by atoms with Crippen molar-refractivity contribution in [3.05, 3.63) is 0 Å². The molecule has 0 bridgehead atoms. The van der Waals surface area contributed by atoms with E-state index in [4.69, 9.17) is 0 Å². The lowest BCUT2D eigenvalue weighted by Gasteiger charge is -2.38. The number of hydrogen-bond donors (Lipinski definition) is 1. The first-order chi connectivity index (χ1) is 9.54. The van der Waals surface area contributed by atoms with Crippen LogP contribution in [0.15, 0.2) is 0 Å². The molecule has 2 atom stereocenters. The Labute approximate surface area is 127 Å². The van der Waals surface area contributed by atoms with Gasteiger partial charge in [-0.05, 0) is 31.1 Å². The Morgan fingerprint density at radius 3 is 2.15 bits per heavy atom. The monoisotopic (exact) mass is 282 g/mol. The third-order valence-corrected chi connectivity index (χ3v) is 5.31. The molecule has 1 fully saturated rings. The molecular formula is C19H38O. The standard InChI is InChI=1S/C19H38O/c1-17(2)13-9-7-5-4-6-8-11-15-19(20)16-12-10-14-18(19)3/h17-18,20H,4-16H2,1-3H3. The van der Waals surface area contributed by atoms with Crippen LogP contribution in [0.5, 0.6) is 0 Å². The van der Waals surface area contributed by atoms with E-state index in [2.05, 4.69) is 20.8 Å². The predicted octanol–water partition coefficient (Wildman–Crippen LogP) is 6.09. The van der Waals surface area contributed by atoms with Gasteiger partial charge in [-0.1, -0.05) is 85.0 Å². The van der Waals surface area contributed by atoms with Crippen LogP contribution in [0.1, 0.15) is 104 Å². The molecule has 20 heavy (non-hydrogen) atoms. The summed E-state index contributed by atoms with van der Waals surface area (Å²) in [5.74, 6) is 1.39. The van der Waals surface area contributed by atoms with Crippen molar-refractivity contribution < 1.29 is 5.11 Å². The van der Waals surface area contributed by atoms with Crippen LogP contribution in [0.4, 0.5) is 0 Å². The van der Waals surface area contributed by atoms with Crippen LogP contribution in [0.2, 0.25) is 0 Å². The quantitative estimate of drug-likeness (QED) is 0.480. The Bertz CT molecular complexity index is 236. The minimum atomic E-state index is -0.324. The highest BCUT2D eigenvalue weighted by molar-refractivity contribution is 4.87. The smallest absolute Gasteiger partial charge is 0.0673 e. The Kier molecular flexibility index (Phi) is 8.84. The Hall–Kier alpha value is -0.0400. The molecule has 0 radical (unpaired) electrons. The molecule has 1 aliphatic carbocycles. The van der Waals surface area contributed by atoms with Crippen LogP contribution in [-0.2, 0) is 0 Å². The molecule has 0 aromatic rings. The van der Waals surface area contributed by atoms with Gasteiger partial charge in [0.05, 0.1) is 5.60 Å². The lowest BCUT2D eigenvalue weighted by molar-refractivity contribution is -0.0496. The fourth-order valence-electron chi connectivity index (χ4n) is 3.64. The van der Waals surface area contributed by atoms with E-state index in [9.17, 15) is 5.11 Å². The van der Waals surface area contributed by atoms with Crippen molar-refractivity contribution >= 4 is 0 Å². The summed E-state index contributed by atoms with van der Waals surface area (Å²) in [4.78, 5) is 0. The number of rotatable bonds is 10. The van der Waals surface area contributed by atoms with E-state index in [0.717, 1.165) is 18.8 Å². The maximum Gasteiger partial charge on any atom is 0.0673 e. The van der Waals surface area contributed by atoms with E-state index in [1.807, 2.05) is 0 Å². The lowest BCUT2D eigenvalue weighted by Crippen LogP contribution is -2.38. The number of unbranched alkanes of at least 4 members (excludes halogenated alkanes) is 6. The van der Waals surface area contributed by atoms with Gasteiger partial charge in [-0.15, -0.1) is 0 Å². The zero-order valence-corrected chi connectivity index (χ0v) is 14.3. The van der Waals surface area contributed by atoms with Crippen LogP contribution in [0.3, 0.4) is 0 Å². The van der Waals surface area contributed by atoms with Gasteiger partial charge in [0.15, 0.2) is 0 Å². The minimum absolute atomic E-state index is 0.324. The molecule has 1 N–H and O–H groups in total. The van der Waals surface area contributed by atoms with Crippen molar-refractivity contribution in [1.29, 1.82) is 0 Å². The molecule has 0 spiro atoms. The average molecular weight is 283 g/mol. The molecule has 1 nitrogen and oxygen atoms in total. The van der Waals surface area contributed by atoms with Gasteiger partial charge in [-0.25, -0.2) is 0 Å². The van der Waals surface area contributed by atoms with E-state index in [1.165, 1.54) is 70.6 Å². The van der Waals surface area contributed by atoms with Crippen molar-refractivity contribution in [3.63, 3.8) is 0 Å². The van der Waals surface area contributed by atoms with Crippen LogP contribution in [-0.4, -0.2) is 10.7 Å². The maximum absolute atomic E-state index is 10.7. The van der Waals surface area contributed by atoms with Crippen LogP contribution in [0, 0.1) is 11.8 Å². The highest BCUT2D eigenvalue weighted by Gasteiger charge is 2.34. The van der Waals surface area contributed by atoms with Crippen molar-refractivity contribution in [2.45, 2.75) is 110 Å². The normalized spacial score (nSPS) is 27.1. The van der Waals surface area contributed by atoms with Gasteiger partial charge in [0.2, 0.25) is 0 Å². The van der Waals surface area contributed by atoms with Crippen LogP contribution in [0.25, 0.3) is 0 Å². The largest absolute Gasteiger partial charge is 0.390 e. The molecule has 0 aromatic carbocycles. The van der Waals surface area contributed by atoms with Gasteiger partial charge in [0.1, 0.15) is 0 Å². The predicted molar refractivity (Wildman–Crippen MR) is 89.0 cm³/mol. The van der Waals surface area contributed by atoms with Crippen molar-refractivity contribution in [1.82, 2.24) is 0 Å². The second-order valence-electron chi connectivity index (χ2n) is 7.66. The minimum Gasteiger partial charge on any atom is -0.390 e. The summed E-state index contributed by atoms with van der Waals surface area (Å²) in [5.41, 5.74) is -0.324. The van der Waals surface area contributed by atoms with Crippen molar-refractivity contribution in [2.75, 3.05) is 0 Å². The molecule has 1 aliphatic rings. The zero-order chi connectivity index (χ0) is 14.8. The molecule has 1 rings (SSSR count). The fraction of sp³-hybridized carbons (Fsp3) is 1.00. The first kappa shape index (κ1) is 18.0. The van der Waals surface area contributed by atoms with E-state index < -0.39 is 0 Å². The van der Waals surface area contributed by atoms with Crippen LogP contribution < -0.4 is 0 Å². The molecule has 120 valence electrons. The highest BCUT2D eigenvalue weighted by atomic mass is 16.3. The Balaban J connectivity index is 1.94. The fourth-order valence-corrected chi connectivity index (χ4v) is 3.64. The summed E-state index contributed by atoms with van der Waals surface area (Å²) in [6.07, 6.45) is 16.8. The molecular weight excluding hydrogens is 244 g/mol. The third kappa shape index (κ3) is 7.11. The van der Waals surface area contributed by atoms with E-state index in [0.29, 0.717) is 5.92 Å². The van der Waals surface area contributed by atoms with Gasteiger partial charge < -0.3 is 5.11 Å². The summed E-state index contributed by atoms with van der Waals surface area (Å²) in [6, 6.07) is 0. The van der Waals surface area contributed by atoms with Gasteiger partial charge in [0, 0.05) is 0 Å². The average Bonchev–Trinajstić information content (AvgIpc) is 2.40. The molecule has 0 amide bonds. The lowest BCUT2D eigenvalue weighted by atomic mass is 9.74. The first-order valence-corrected chi connectivity index (χ1v) is 9.27. The van der Waals surface area contributed by atoms with Gasteiger partial charge >= 0.3 is 0 Å². The van der Waals surface area contributed by atoms with Crippen LogP contribution >= 0.6 is 0 Å². The molecule has 2 unspecified atom stereocenters. The first-order valence-electron chi connectivity index (χ1n) is 9.27. The van der Waals surface area contributed by atoms with E-state index in [1.54, 1.807) is 0 Å². The van der Waals surface area contributed by atoms with E-state index >= 15 is 0 Å². The van der Waals surface area contributed by atoms with E-state index in [-0.39, 0.29) is 5.60 Å². The molecule has 1 saturated carbocycles. The second-order valence-corrected chi connectivity index (χ2v) is 7.66. The molecule has 1 heteroatoms. The Morgan fingerprint density at radius 1 is 0.950 bits per heavy atom. The number of hydrogen-bond acceptors (Lipinski definition) is 1. The van der Waals surface area contributed by atoms with Gasteiger partial charge in [-0.3, -0.25) is 0 Å². The zero-order valence-electron chi connectivity index (χ0n) is 14.3. The number of aliphatic hydroxyl groups is 1. The summed E-state index contributed by atoms with van der Waals surface area (Å²) in [7, 11) is 0. The summed E-state index contributed by atoms with van der Waals surface area (Å²) >= 11 is 0. The molecule has 0 heterocycles. The van der Waals surface area contributed by atoms with Crippen molar-refractivity contribution in [3.8, 4) is 0 Å². The maximum atomic E-state index is 10.7. The summed E-state index contributed by atoms with van der Waals surface area (Å²) < 4.78 is 0. The molecule has 0 saturated heterocycles. The molecule has 0 aromatic heterocycles. The van der Waals surface area contributed by atoms with Gasteiger partial charge in [-0.2, -0.15) is 0 Å². The molecule has 0 aliphatic heterocycles. The highest BCUT2D eigenvalue weighted by Crippen LogP contribution is 2.37. The second kappa shape index (κ2) is 9.82. The SMILES string of the molecule is CC(C)CCCCCCCCCC1(O)CCCCC1C. The Morgan fingerprint density at radius 2 is 1.55 bits per heavy atom. The summed E-state index contributed by atoms with van der Waals surface area (Å²) in [5, 5.41) is 10.7.